The molecule has 0 aliphatic carbocycles. The molecule has 4 nitrogen and oxygen atoms in total. The van der Waals surface area contributed by atoms with E-state index in [0.29, 0.717) is 37.4 Å². The van der Waals surface area contributed by atoms with Crippen LogP contribution in [0.25, 0.3) is 0 Å². The molecule has 1 rings (SSSR count). The number of esters is 1. The van der Waals surface area contributed by atoms with Gasteiger partial charge in [-0.25, -0.2) is 4.79 Å². The molecule has 0 unspecified atom stereocenters. The van der Waals surface area contributed by atoms with Crippen molar-refractivity contribution in [3.63, 3.8) is 0 Å². The van der Waals surface area contributed by atoms with E-state index in [2.05, 4.69) is 6.07 Å². The van der Waals surface area contributed by atoms with Crippen molar-refractivity contribution in [2.24, 2.45) is 0 Å². The third-order valence-corrected chi connectivity index (χ3v) is 2.37. The van der Waals surface area contributed by atoms with Gasteiger partial charge in [0.25, 0.3) is 0 Å². The molecule has 0 spiro atoms. The van der Waals surface area contributed by atoms with Crippen LogP contribution in [0, 0.1) is 11.3 Å². The highest BCUT2D eigenvalue weighted by atomic mass is 16.5. The van der Waals surface area contributed by atoms with E-state index in [4.69, 9.17) is 14.7 Å². The Balaban J connectivity index is 2.96. The van der Waals surface area contributed by atoms with Crippen LogP contribution >= 0.6 is 0 Å². The standard InChI is InChI=1S/C14H17NO3/c1-3-17-13-10-11(6-5-9-15)7-8-12(13)14(16)18-4-2/h7-8,10H,3-6H2,1-2H3. The Morgan fingerprint density at radius 2 is 2.11 bits per heavy atom. The van der Waals surface area contributed by atoms with Gasteiger partial charge in [-0.05, 0) is 38.0 Å². The largest absolute Gasteiger partial charge is 0.493 e. The van der Waals surface area contributed by atoms with Crippen LogP contribution < -0.4 is 4.74 Å². The molecule has 0 heterocycles. The van der Waals surface area contributed by atoms with E-state index in [9.17, 15) is 4.79 Å². The first-order valence-electron chi connectivity index (χ1n) is 6.02. The number of aryl methyl sites for hydroxylation is 1. The normalized spacial score (nSPS) is 9.61. The molecule has 0 bridgehead atoms. The predicted molar refractivity (Wildman–Crippen MR) is 67.5 cm³/mol. The zero-order valence-corrected chi connectivity index (χ0v) is 10.7. The van der Waals surface area contributed by atoms with Crippen LogP contribution in [0.2, 0.25) is 0 Å². The summed E-state index contributed by atoms with van der Waals surface area (Å²) in [6.07, 6.45) is 1.10. The van der Waals surface area contributed by atoms with Crippen molar-refractivity contribution in [3.05, 3.63) is 29.3 Å². The summed E-state index contributed by atoms with van der Waals surface area (Å²) < 4.78 is 10.4. The fourth-order valence-corrected chi connectivity index (χ4v) is 1.57. The summed E-state index contributed by atoms with van der Waals surface area (Å²) in [5.74, 6) is 0.138. The molecule has 0 N–H and O–H groups in total. The van der Waals surface area contributed by atoms with Crippen LogP contribution in [0.5, 0.6) is 5.75 Å². The van der Waals surface area contributed by atoms with E-state index < -0.39 is 0 Å². The van der Waals surface area contributed by atoms with E-state index in [-0.39, 0.29) is 5.97 Å². The molecule has 0 aliphatic rings. The molecule has 1 aromatic rings. The number of nitriles is 1. The Bertz CT molecular complexity index is 449. The topological polar surface area (TPSA) is 59.3 Å². The molecule has 0 saturated heterocycles. The van der Waals surface area contributed by atoms with Crippen LogP contribution in [0.4, 0.5) is 0 Å². The lowest BCUT2D eigenvalue weighted by atomic mass is 10.1. The number of carbonyl (C=O) groups is 1. The van der Waals surface area contributed by atoms with Crippen molar-refractivity contribution in [2.75, 3.05) is 13.2 Å². The molecule has 0 aromatic heterocycles. The van der Waals surface area contributed by atoms with Crippen LogP contribution in [0.15, 0.2) is 18.2 Å². The first-order valence-corrected chi connectivity index (χ1v) is 6.02. The molecular formula is C14H17NO3. The van der Waals surface area contributed by atoms with Gasteiger partial charge in [0.05, 0.1) is 19.3 Å². The van der Waals surface area contributed by atoms with Gasteiger partial charge in [0.15, 0.2) is 0 Å². The Morgan fingerprint density at radius 3 is 2.72 bits per heavy atom. The lowest BCUT2D eigenvalue weighted by Gasteiger charge is -2.11. The van der Waals surface area contributed by atoms with Crippen LogP contribution in [-0.2, 0) is 11.2 Å². The highest BCUT2D eigenvalue weighted by Crippen LogP contribution is 2.22. The van der Waals surface area contributed by atoms with Gasteiger partial charge in [0.1, 0.15) is 11.3 Å². The molecule has 0 radical (unpaired) electrons. The average Bonchev–Trinajstić information content (AvgIpc) is 2.37. The maximum atomic E-state index is 11.7. The molecular weight excluding hydrogens is 230 g/mol. The number of nitrogens with zero attached hydrogens (tertiary/aromatic N) is 1. The minimum atomic E-state index is -0.382. The Kier molecular flexibility index (Phi) is 5.72. The van der Waals surface area contributed by atoms with Crippen molar-refractivity contribution in [3.8, 4) is 11.8 Å². The molecule has 0 aliphatic heterocycles. The fourth-order valence-electron chi connectivity index (χ4n) is 1.57. The molecule has 4 heteroatoms. The maximum Gasteiger partial charge on any atom is 0.341 e. The Labute approximate surface area is 107 Å². The molecule has 0 fully saturated rings. The Morgan fingerprint density at radius 1 is 1.33 bits per heavy atom. The second-order valence-electron chi connectivity index (χ2n) is 3.64. The summed E-state index contributed by atoms with van der Waals surface area (Å²) in [6, 6.07) is 7.41. The molecule has 0 amide bonds. The first-order chi connectivity index (χ1) is 8.72. The van der Waals surface area contributed by atoms with E-state index in [1.54, 1.807) is 19.1 Å². The second kappa shape index (κ2) is 7.33. The average molecular weight is 247 g/mol. The predicted octanol–water partition coefficient (Wildman–Crippen LogP) is 2.72. The summed E-state index contributed by atoms with van der Waals surface area (Å²) in [6.45, 7) is 4.44. The highest BCUT2D eigenvalue weighted by molar-refractivity contribution is 5.92. The van der Waals surface area contributed by atoms with Gasteiger partial charge >= 0.3 is 5.97 Å². The van der Waals surface area contributed by atoms with Crippen molar-refractivity contribution in [2.45, 2.75) is 26.7 Å². The van der Waals surface area contributed by atoms with Crippen molar-refractivity contribution < 1.29 is 14.3 Å². The summed E-state index contributed by atoms with van der Waals surface area (Å²) in [5.41, 5.74) is 1.41. The van der Waals surface area contributed by atoms with Gasteiger partial charge in [-0.1, -0.05) is 6.07 Å². The monoisotopic (exact) mass is 247 g/mol. The Hall–Kier alpha value is -2.02. The van der Waals surface area contributed by atoms with Crippen LogP contribution in [0.1, 0.15) is 36.2 Å². The second-order valence-corrected chi connectivity index (χ2v) is 3.64. The number of ether oxygens (including phenoxy) is 2. The van der Waals surface area contributed by atoms with E-state index >= 15 is 0 Å². The van der Waals surface area contributed by atoms with Crippen LogP contribution in [-0.4, -0.2) is 19.2 Å². The molecule has 0 atom stereocenters. The minimum absolute atomic E-state index is 0.334. The highest BCUT2D eigenvalue weighted by Gasteiger charge is 2.14. The first kappa shape index (κ1) is 14.0. The van der Waals surface area contributed by atoms with Crippen LogP contribution in [0.3, 0.4) is 0 Å². The zero-order chi connectivity index (χ0) is 13.4. The van der Waals surface area contributed by atoms with Gasteiger partial charge in [0, 0.05) is 6.42 Å². The minimum Gasteiger partial charge on any atom is -0.493 e. The van der Waals surface area contributed by atoms with Gasteiger partial charge < -0.3 is 9.47 Å². The zero-order valence-electron chi connectivity index (χ0n) is 10.7. The number of rotatable bonds is 6. The fraction of sp³-hybridized carbons (Fsp3) is 0.429. The lowest BCUT2D eigenvalue weighted by molar-refractivity contribution is 0.0522. The van der Waals surface area contributed by atoms with E-state index in [0.717, 1.165) is 5.56 Å². The van der Waals surface area contributed by atoms with E-state index in [1.165, 1.54) is 0 Å². The number of hydrogen-bond acceptors (Lipinski definition) is 4. The van der Waals surface area contributed by atoms with Gasteiger partial charge in [-0.15, -0.1) is 0 Å². The summed E-state index contributed by atoms with van der Waals surface area (Å²) in [7, 11) is 0. The smallest absolute Gasteiger partial charge is 0.341 e. The molecule has 1 aromatic carbocycles. The maximum absolute atomic E-state index is 11.7. The summed E-state index contributed by atoms with van der Waals surface area (Å²) >= 11 is 0. The van der Waals surface area contributed by atoms with Gasteiger partial charge in [-0.3, -0.25) is 0 Å². The number of carbonyl (C=O) groups excluding carboxylic acids is 1. The third-order valence-electron chi connectivity index (χ3n) is 2.37. The van der Waals surface area contributed by atoms with Crippen molar-refractivity contribution >= 4 is 5.97 Å². The number of hydrogen-bond donors (Lipinski definition) is 0. The molecule has 18 heavy (non-hydrogen) atoms. The molecule has 0 saturated carbocycles. The summed E-state index contributed by atoms with van der Waals surface area (Å²) in [5, 5.41) is 8.56. The van der Waals surface area contributed by atoms with Crippen molar-refractivity contribution in [1.29, 1.82) is 5.26 Å². The van der Waals surface area contributed by atoms with Gasteiger partial charge in [-0.2, -0.15) is 5.26 Å². The van der Waals surface area contributed by atoms with Gasteiger partial charge in [0.2, 0.25) is 0 Å². The summed E-state index contributed by atoms with van der Waals surface area (Å²) in [4.78, 5) is 11.7. The van der Waals surface area contributed by atoms with E-state index in [1.807, 2.05) is 13.0 Å². The quantitative estimate of drug-likeness (QED) is 0.725. The third kappa shape index (κ3) is 3.77. The SMILES string of the molecule is CCOC(=O)c1ccc(CCC#N)cc1OCC. The number of benzene rings is 1. The van der Waals surface area contributed by atoms with Crippen molar-refractivity contribution in [1.82, 2.24) is 0 Å². The molecule has 96 valence electrons. The lowest BCUT2D eigenvalue weighted by Crippen LogP contribution is -2.08.